The molecule has 3 aromatic rings. The highest BCUT2D eigenvalue weighted by atomic mass is 15.2. The number of hydrogen-bond donors (Lipinski definition) is 0. The monoisotopic (exact) mass is 284 g/mol. The highest BCUT2D eigenvalue weighted by Crippen LogP contribution is 2.45. The van der Waals surface area contributed by atoms with Crippen molar-refractivity contribution in [1.29, 1.82) is 0 Å². The van der Waals surface area contributed by atoms with E-state index in [1.54, 1.807) is 0 Å². The first-order valence-electron chi connectivity index (χ1n) is 7.82. The maximum absolute atomic E-state index is 4.27. The van der Waals surface area contributed by atoms with Gasteiger partial charge in [-0.2, -0.15) is 0 Å². The molecule has 2 aliphatic rings. The number of rotatable bonds is 1. The van der Waals surface area contributed by atoms with E-state index in [0.717, 1.165) is 19.4 Å². The van der Waals surface area contributed by atoms with Gasteiger partial charge in [-0.3, -0.25) is 4.98 Å². The van der Waals surface area contributed by atoms with Gasteiger partial charge < -0.3 is 4.90 Å². The van der Waals surface area contributed by atoms with Crippen LogP contribution in [0.2, 0.25) is 0 Å². The zero-order chi connectivity index (χ0) is 14.5. The molecule has 0 radical (unpaired) electrons. The molecule has 0 saturated heterocycles. The van der Waals surface area contributed by atoms with E-state index in [1.807, 2.05) is 18.5 Å². The Bertz CT molecular complexity index is 868. The SMILES string of the molecule is c1cncc(N2CCc3c2ccc2c3Cc3ccccc3-2)c1. The van der Waals surface area contributed by atoms with Gasteiger partial charge in [-0.1, -0.05) is 30.3 Å². The Hall–Kier alpha value is -2.61. The maximum atomic E-state index is 4.27. The van der Waals surface area contributed by atoms with E-state index in [9.17, 15) is 0 Å². The molecule has 0 N–H and O–H groups in total. The molecule has 0 saturated carbocycles. The van der Waals surface area contributed by atoms with Crippen molar-refractivity contribution in [2.75, 3.05) is 11.4 Å². The Morgan fingerprint density at radius 3 is 2.73 bits per heavy atom. The average molecular weight is 284 g/mol. The molecule has 1 aliphatic heterocycles. The second-order valence-corrected chi connectivity index (χ2v) is 6.04. The van der Waals surface area contributed by atoms with E-state index in [-0.39, 0.29) is 0 Å². The summed E-state index contributed by atoms with van der Waals surface area (Å²) in [6.45, 7) is 1.05. The lowest BCUT2D eigenvalue weighted by atomic mass is 9.99. The lowest BCUT2D eigenvalue weighted by Gasteiger charge is -2.19. The molecule has 5 rings (SSSR count). The minimum absolute atomic E-state index is 1.05. The third-order valence-electron chi connectivity index (χ3n) is 4.92. The topological polar surface area (TPSA) is 16.1 Å². The summed E-state index contributed by atoms with van der Waals surface area (Å²) in [4.78, 5) is 6.66. The fraction of sp³-hybridized carbons (Fsp3) is 0.150. The van der Waals surface area contributed by atoms with Gasteiger partial charge in [-0.15, -0.1) is 0 Å². The molecule has 0 unspecified atom stereocenters. The molecule has 0 fully saturated rings. The highest BCUT2D eigenvalue weighted by Gasteiger charge is 2.28. The van der Waals surface area contributed by atoms with Gasteiger partial charge in [0.05, 0.1) is 11.9 Å². The van der Waals surface area contributed by atoms with Crippen molar-refractivity contribution in [2.24, 2.45) is 0 Å². The molecule has 2 heteroatoms. The van der Waals surface area contributed by atoms with Gasteiger partial charge in [0.2, 0.25) is 0 Å². The minimum atomic E-state index is 1.05. The zero-order valence-corrected chi connectivity index (χ0v) is 12.3. The van der Waals surface area contributed by atoms with Gasteiger partial charge in [0.15, 0.2) is 0 Å². The molecule has 2 heterocycles. The standard InChI is InChI=1S/C20H16N2/c1-2-6-16-14(4-1)12-19-17(16)7-8-20-18(19)9-11-22(20)15-5-3-10-21-13-15/h1-8,10,13H,9,11-12H2. The molecule has 0 amide bonds. The summed E-state index contributed by atoms with van der Waals surface area (Å²) in [5, 5.41) is 0. The molecule has 106 valence electrons. The molecular weight excluding hydrogens is 268 g/mol. The third kappa shape index (κ3) is 1.58. The number of aromatic nitrogens is 1. The first-order valence-corrected chi connectivity index (χ1v) is 7.82. The lowest BCUT2D eigenvalue weighted by Crippen LogP contribution is -2.13. The Balaban J connectivity index is 1.65. The van der Waals surface area contributed by atoms with Gasteiger partial charge in [-0.25, -0.2) is 0 Å². The number of nitrogens with zero attached hydrogens (tertiary/aromatic N) is 2. The van der Waals surface area contributed by atoms with Crippen LogP contribution in [0.3, 0.4) is 0 Å². The van der Waals surface area contributed by atoms with E-state index < -0.39 is 0 Å². The molecule has 22 heavy (non-hydrogen) atoms. The van der Waals surface area contributed by atoms with Crippen LogP contribution in [-0.4, -0.2) is 11.5 Å². The van der Waals surface area contributed by atoms with Gasteiger partial charge in [0.25, 0.3) is 0 Å². The summed E-state index contributed by atoms with van der Waals surface area (Å²) < 4.78 is 0. The predicted molar refractivity (Wildman–Crippen MR) is 89.6 cm³/mol. The molecule has 0 atom stereocenters. The Morgan fingerprint density at radius 2 is 1.82 bits per heavy atom. The van der Waals surface area contributed by atoms with Crippen LogP contribution in [0.15, 0.2) is 60.9 Å². The van der Waals surface area contributed by atoms with Crippen LogP contribution in [0.4, 0.5) is 11.4 Å². The predicted octanol–water partition coefficient (Wildman–Crippen LogP) is 4.35. The van der Waals surface area contributed by atoms with E-state index in [0.29, 0.717) is 0 Å². The van der Waals surface area contributed by atoms with Gasteiger partial charge in [0, 0.05) is 18.4 Å². The number of hydrogen-bond acceptors (Lipinski definition) is 2. The zero-order valence-electron chi connectivity index (χ0n) is 12.3. The number of benzene rings is 2. The van der Waals surface area contributed by atoms with Gasteiger partial charge in [-0.05, 0) is 58.9 Å². The summed E-state index contributed by atoms with van der Waals surface area (Å²) in [5.41, 5.74) is 9.92. The summed E-state index contributed by atoms with van der Waals surface area (Å²) in [6.07, 6.45) is 5.99. The number of fused-ring (bicyclic) bond motifs is 5. The van der Waals surface area contributed by atoms with Crippen LogP contribution in [-0.2, 0) is 12.8 Å². The normalized spacial score (nSPS) is 14.6. The second-order valence-electron chi connectivity index (χ2n) is 6.04. The van der Waals surface area contributed by atoms with Gasteiger partial charge in [0.1, 0.15) is 0 Å². The molecule has 2 nitrogen and oxygen atoms in total. The molecule has 0 spiro atoms. The van der Waals surface area contributed by atoms with Crippen LogP contribution in [0.5, 0.6) is 0 Å². The van der Waals surface area contributed by atoms with E-state index in [2.05, 4.69) is 52.3 Å². The first-order chi connectivity index (χ1) is 10.9. The van der Waals surface area contributed by atoms with Crippen molar-refractivity contribution in [3.05, 3.63) is 77.6 Å². The summed E-state index contributed by atoms with van der Waals surface area (Å²) in [7, 11) is 0. The van der Waals surface area contributed by atoms with Crippen molar-refractivity contribution in [3.63, 3.8) is 0 Å². The second kappa shape index (κ2) is 4.44. The Morgan fingerprint density at radius 1 is 0.864 bits per heavy atom. The van der Waals surface area contributed by atoms with Crippen LogP contribution in [0, 0.1) is 0 Å². The maximum Gasteiger partial charge on any atom is 0.0597 e. The third-order valence-corrected chi connectivity index (χ3v) is 4.92. The fourth-order valence-corrected chi connectivity index (χ4v) is 3.92. The quantitative estimate of drug-likeness (QED) is 0.516. The minimum Gasteiger partial charge on any atom is -0.340 e. The summed E-state index contributed by atoms with van der Waals surface area (Å²) in [5.74, 6) is 0. The van der Waals surface area contributed by atoms with Crippen LogP contribution in [0.1, 0.15) is 16.7 Å². The molecule has 2 aromatic carbocycles. The molecule has 1 aliphatic carbocycles. The summed E-state index contributed by atoms with van der Waals surface area (Å²) >= 11 is 0. The average Bonchev–Trinajstić information content (AvgIpc) is 3.16. The first kappa shape index (κ1) is 12.0. The lowest BCUT2D eigenvalue weighted by molar-refractivity contribution is 0.986. The Kier molecular flexibility index (Phi) is 2.42. The van der Waals surface area contributed by atoms with Crippen molar-refractivity contribution in [3.8, 4) is 11.1 Å². The highest BCUT2D eigenvalue weighted by molar-refractivity contribution is 5.83. The van der Waals surface area contributed by atoms with E-state index in [4.69, 9.17) is 0 Å². The smallest absolute Gasteiger partial charge is 0.0597 e. The van der Waals surface area contributed by atoms with Crippen molar-refractivity contribution in [2.45, 2.75) is 12.8 Å². The van der Waals surface area contributed by atoms with Crippen molar-refractivity contribution < 1.29 is 0 Å². The van der Waals surface area contributed by atoms with E-state index in [1.165, 1.54) is 39.2 Å². The number of anilines is 2. The van der Waals surface area contributed by atoms with E-state index >= 15 is 0 Å². The van der Waals surface area contributed by atoms with Crippen molar-refractivity contribution in [1.82, 2.24) is 4.98 Å². The molecule has 1 aromatic heterocycles. The summed E-state index contributed by atoms with van der Waals surface area (Å²) in [6, 6.07) is 17.5. The number of pyridine rings is 1. The molecule has 0 bridgehead atoms. The largest absolute Gasteiger partial charge is 0.340 e. The van der Waals surface area contributed by atoms with Crippen LogP contribution >= 0.6 is 0 Å². The Labute approximate surface area is 130 Å². The van der Waals surface area contributed by atoms with Crippen molar-refractivity contribution >= 4 is 11.4 Å². The van der Waals surface area contributed by atoms with Gasteiger partial charge >= 0.3 is 0 Å². The van der Waals surface area contributed by atoms with Crippen LogP contribution in [0.25, 0.3) is 11.1 Å². The molecular formula is C20H16N2. The fourth-order valence-electron chi connectivity index (χ4n) is 3.92. The van der Waals surface area contributed by atoms with Crippen LogP contribution < -0.4 is 4.90 Å².